The molecule has 2 aromatic carbocycles. The van der Waals surface area contributed by atoms with Crippen LogP contribution in [0.4, 0.5) is 5.69 Å². The summed E-state index contributed by atoms with van der Waals surface area (Å²) in [5, 5.41) is 0. The minimum atomic E-state index is 0.289. The molecule has 2 N–H and O–H groups in total. The van der Waals surface area contributed by atoms with Crippen LogP contribution in [0.5, 0.6) is 0 Å². The van der Waals surface area contributed by atoms with Crippen molar-refractivity contribution in [1.82, 2.24) is 4.90 Å². The van der Waals surface area contributed by atoms with E-state index in [1.54, 1.807) is 0 Å². The highest BCUT2D eigenvalue weighted by Crippen LogP contribution is 2.25. The third kappa shape index (κ3) is 8.01. The molecule has 2 aromatic rings. The molecule has 0 aliphatic carbocycles. The van der Waals surface area contributed by atoms with Gasteiger partial charge in [-0.25, -0.2) is 0 Å². The number of benzene rings is 2. The molecule has 33 heavy (non-hydrogen) atoms. The van der Waals surface area contributed by atoms with Crippen LogP contribution in [0.2, 0.25) is 0 Å². The molecule has 3 nitrogen and oxygen atoms in total. The smallest absolute Gasteiger partial charge is 0.0371 e. The first-order valence-corrected chi connectivity index (χ1v) is 13.0. The molecule has 2 atom stereocenters. The van der Waals surface area contributed by atoms with Crippen molar-refractivity contribution in [2.75, 3.05) is 31.1 Å². The Bertz CT molecular complexity index is 831. The van der Waals surface area contributed by atoms with Gasteiger partial charge in [0.25, 0.3) is 0 Å². The first kappa shape index (κ1) is 25.5. The number of rotatable bonds is 11. The summed E-state index contributed by atoms with van der Waals surface area (Å²) in [7, 11) is 0. The average Bonchev–Trinajstić information content (AvgIpc) is 2.84. The molecule has 0 aromatic heterocycles. The molecule has 3 rings (SSSR count). The Morgan fingerprint density at radius 1 is 1.00 bits per heavy atom. The van der Waals surface area contributed by atoms with Gasteiger partial charge in [-0.1, -0.05) is 74.4 Å². The van der Waals surface area contributed by atoms with Crippen molar-refractivity contribution in [3.05, 3.63) is 77.4 Å². The molecule has 1 heterocycles. The van der Waals surface area contributed by atoms with E-state index in [1.165, 1.54) is 35.2 Å². The summed E-state index contributed by atoms with van der Waals surface area (Å²) in [6, 6.07) is 21.0. The zero-order valence-corrected chi connectivity index (χ0v) is 21.3. The van der Waals surface area contributed by atoms with Crippen LogP contribution in [0.25, 0.3) is 0 Å². The maximum Gasteiger partial charge on any atom is 0.0371 e. The summed E-state index contributed by atoms with van der Waals surface area (Å²) in [6.07, 6.45) is 8.13. The molecular weight excluding hydrogens is 402 g/mol. The monoisotopic (exact) mass is 447 g/mol. The van der Waals surface area contributed by atoms with Gasteiger partial charge in [-0.15, -0.1) is 0 Å². The van der Waals surface area contributed by atoms with Crippen LogP contribution < -0.4 is 10.6 Å². The van der Waals surface area contributed by atoms with E-state index in [4.69, 9.17) is 5.73 Å². The van der Waals surface area contributed by atoms with Gasteiger partial charge >= 0.3 is 0 Å². The van der Waals surface area contributed by atoms with Crippen LogP contribution in [0.15, 0.2) is 66.2 Å². The number of nitrogens with zero attached hydrogens (tertiary/aromatic N) is 2. The Labute approximate surface area is 202 Å². The summed E-state index contributed by atoms with van der Waals surface area (Å²) in [5.41, 5.74) is 12.0. The van der Waals surface area contributed by atoms with Crippen molar-refractivity contribution in [3.63, 3.8) is 0 Å². The molecule has 180 valence electrons. The zero-order valence-electron chi connectivity index (χ0n) is 21.3. The second-order valence-electron chi connectivity index (χ2n) is 10.2. The topological polar surface area (TPSA) is 32.5 Å². The molecule has 0 saturated carbocycles. The maximum atomic E-state index is 6.44. The molecule has 1 saturated heterocycles. The van der Waals surface area contributed by atoms with Crippen molar-refractivity contribution in [2.24, 2.45) is 11.7 Å². The van der Waals surface area contributed by atoms with Crippen LogP contribution in [0.3, 0.4) is 0 Å². The van der Waals surface area contributed by atoms with Gasteiger partial charge in [0.1, 0.15) is 0 Å². The van der Waals surface area contributed by atoms with E-state index in [2.05, 4.69) is 98.2 Å². The lowest BCUT2D eigenvalue weighted by atomic mass is 9.97. The number of hydrogen-bond acceptors (Lipinski definition) is 3. The normalized spacial score (nSPS) is 16.9. The molecular formula is C30H45N3. The van der Waals surface area contributed by atoms with Crippen molar-refractivity contribution >= 4 is 5.69 Å². The number of likely N-dealkylation sites (tertiary alicyclic amines) is 1. The molecule has 1 fully saturated rings. The van der Waals surface area contributed by atoms with Gasteiger partial charge in [0.2, 0.25) is 0 Å². The molecule has 0 amide bonds. The van der Waals surface area contributed by atoms with Crippen LogP contribution in [-0.4, -0.2) is 43.2 Å². The summed E-state index contributed by atoms with van der Waals surface area (Å²) in [5.74, 6) is 0.595. The van der Waals surface area contributed by atoms with Crippen LogP contribution in [-0.2, 0) is 12.8 Å². The molecule has 1 aliphatic heterocycles. The molecule has 2 unspecified atom stereocenters. The SMILES string of the molecule is CCC(C)C(N)CN1CCC(N(CC=C(C)C)c2ccc(CCc3ccccc3)cc2)CC1. The standard InChI is InChI=1S/C30H45N3/c1-5-25(4)30(31)23-32-20-18-29(19-21-32)33(22-17-24(2)3)28-15-13-27(14-16-28)12-11-26-9-7-6-8-10-26/h6-10,13-17,25,29-30H,5,11-12,18-23,31H2,1-4H3. The lowest BCUT2D eigenvalue weighted by Crippen LogP contribution is -2.49. The molecule has 1 aliphatic rings. The predicted molar refractivity (Wildman–Crippen MR) is 144 cm³/mol. The lowest BCUT2D eigenvalue weighted by molar-refractivity contribution is 0.184. The third-order valence-electron chi connectivity index (χ3n) is 7.35. The minimum Gasteiger partial charge on any atom is -0.365 e. The van der Waals surface area contributed by atoms with Crippen LogP contribution in [0, 0.1) is 5.92 Å². The van der Waals surface area contributed by atoms with Gasteiger partial charge in [-0.3, -0.25) is 0 Å². The third-order valence-corrected chi connectivity index (χ3v) is 7.35. The number of piperidine rings is 1. The number of aryl methyl sites for hydroxylation is 2. The molecule has 0 bridgehead atoms. The van der Waals surface area contributed by atoms with Crippen molar-refractivity contribution in [2.45, 2.75) is 71.9 Å². The Morgan fingerprint density at radius 2 is 1.61 bits per heavy atom. The van der Waals surface area contributed by atoms with Crippen molar-refractivity contribution < 1.29 is 0 Å². The summed E-state index contributed by atoms with van der Waals surface area (Å²) >= 11 is 0. The predicted octanol–water partition coefficient (Wildman–Crippen LogP) is 6.08. The Balaban J connectivity index is 1.61. The van der Waals surface area contributed by atoms with Gasteiger partial charge in [0.05, 0.1) is 0 Å². The number of anilines is 1. The van der Waals surface area contributed by atoms with E-state index in [0.717, 1.165) is 45.4 Å². The second-order valence-corrected chi connectivity index (χ2v) is 10.2. The molecule has 0 radical (unpaired) electrons. The van der Waals surface area contributed by atoms with Gasteiger partial charge in [-0.2, -0.15) is 0 Å². The first-order chi connectivity index (χ1) is 16.0. The van der Waals surface area contributed by atoms with Crippen LogP contribution >= 0.6 is 0 Å². The van der Waals surface area contributed by atoms with E-state index in [9.17, 15) is 0 Å². The average molecular weight is 448 g/mol. The van der Waals surface area contributed by atoms with E-state index < -0.39 is 0 Å². The van der Waals surface area contributed by atoms with Gasteiger partial charge in [-0.05, 0) is 68.7 Å². The lowest BCUT2D eigenvalue weighted by Gasteiger charge is -2.40. The highest BCUT2D eigenvalue weighted by molar-refractivity contribution is 5.49. The molecule has 3 heteroatoms. The van der Waals surface area contributed by atoms with Crippen molar-refractivity contribution in [3.8, 4) is 0 Å². The quantitative estimate of drug-likeness (QED) is 0.424. The zero-order chi connectivity index (χ0) is 23.6. The van der Waals surface area contributed by atoms with E-state index >= 15 is 0 Å². The first-order valence-electron chi connectivity index (χ1n) is 13.0. The fourth-order valence-corrected chi connectivity index (χ4v) is 4.73. The van der Waals surface area contributed by atoms with E-state index in [1.807, 2.05) is 0 Å². The Kier molecular flexibility index (Phi) is 10.0. The Morgan fingerprint density at radius 3 is 2.18 bits per heavy atom. The largest absolute Gasteiger partial charge is 0.365 e. The second kappa shape index (κ2) is 13.0. The number of hydrogen-bond donors (Lipinski definition) is 1. The van der Waals surface area contributed by atoms with E-state index in [-0.39, 0.29) is 6.04 Å². The van der Waals surface area contributed by atoms with Gasteiger partial charge < -0.3 is 15.5 Å². The fraction of sp³-hybridized carbons (Fsp3) is 0.533. The summed E-state index contributed by atoms with van der Waals surface area (Å²) < 4.78 is 0. The highest BCUT2D eigenvalue weighted by Gasteiger charge is 2.26. The minimum absolute atomic E-state index is 0.289. The number of nitrogens with two attached hydrogens (primary N) is 1. The van der Waals surface area contributed by atoms with Crippen molar-refractivity contribution in [1.29, 1.82) is 0 Å². The Hall–Kier alpha value is -2.10. The van der Waals surface area contributed by atoms with Gasteiger partial charge in [0, 0.05) is 44.0 Å². The van der Waals surface area contributed by atoms with Gasteiger partial charge in [0.15, 0.2) is 0 Å². The summed E-state index contributed by atoms with van der Waals surface area (Å²) in [4.78, 5) is 5.21. The number of allylic oxidation sites excluding steroid dienone is 1. The van der Waals surface area contributed by atoms with Crippen LogP contribution in [0.1, 0.15) is 58.1 Å². The summed E-state index contributed by atoms with van der Waals surface area (Å²) in [6.45, 7) is 13.2. The highest BCUT2D eigenvalue weighted by atomic mass is 15.2. The molecule has 0 spiro atoms. The van der Waals surface area contributed by atoms with E-state index in [0.29, 0.717) is 12.0 Å². The maximum absolute atomic E-state index is 6.44. The fourth-order valence-electron chi connectivity index (χ4n) is 4.73.